The second kappa shape index (κ2) is 18.3. The van der Waals surface area contributed by atoms with Gasteiger partial charge < -0.3 is 53.4 Å². The van der Waals surface area contributed by atoms with Crippen LogP contribution in [0.5, 0.6) is 0 Å². The molecular weight excluding hydrogens is 612 g/mol. The molecule has 1 aromatic rings. The fourth-order valence-corrected chi connectivity index (χ4v) is 5.20. The number of aliphatic hydroxyl groups is 1. The van der Waals surface area contributed by atoms with Crippen molar-refractivity contribution in [1.29, 1.82) is 0 Å². The van der Waals surface area contributed by atoms with Crippen molar-refractivity contribution in [1.82, 2.24) is 21.3 Å². The SMILES string of the molecule is C[C@H](O)[C@H]1Nc2cccc(c2)CCSC[C@@H](C(=O)O)NC(=O)[C@H](CC(=O)O)NC(=O)CNC(=O)[C@H](CCCN=C(N)N)NC1=O. The van der Waals surface area contributed by atoms with Gasteiger partial charge in [0, 0.05) is 18.0 Å². The third kappa shape index (κ3) is 13.3. The molecule has 1 aliphatic rings. The minimum Gasteiger partial charge on any atom is -0.481 e. The van der Waals surface area contributed by atoms with Crippen LogP contribution in [0.15, 0.2) is 29.3 Å². The van der Waals surface area contributed by atoms with Crippen molar-refractivity contribution in [3.63, 3.8) is 0 Å². The van der Waals surface area contributed by atoms with Crippen LogP contribution in [-0.4, -0.2) is 112 Å². The van der Waals surface area contributed by atoms with Gasteiger partial charge in [-0.05, 0) is 49.6 Å². The number of hydrogen-bond acceptors (Lipinski definition) is 10. The molecule has 248 valence electrons. The van der Waals surface area contributed by atoms with E-state index in [-0.39, 0.29) is 31.1 Å². The first-order valence-electron chi connectivity index (χ1n) is 14.1. The number of carbonyl (C=O) groups excluding carboxylic acids is 4. The highest BCUT2D eigenvalue weighted by molar-refractivity contribution is 7.99. The summed E-state index contributed by atoms with van der Waals surface area (Å²) in [5.41, 5.74) is 12.0. The summed E-state index contributed by atoms with van der Waals surface area (Å²) in [6.07, 6.45) is -1.26. The Morgan fingerprint density at radius 2 is 1.76 bits per heavy atom. The first kappa shape index (κ1) is 36.6. The van der Waals surface area contributed by atoms with Gasteiger partial charge in [-0.15, -0.1) is 0 Å². The number of amides is 4. The van der Waals surface area contributed by atoms with Crippen molar-refractivity contribution < 1.29 is 44.1 Å². The minimum absolute atomic E-state index is 0.0380. The zero-order valence-corrected chi connectivity index (χ0v) is 25.5. The Hall–Kier alpha value is -4.58. The number of fused-ring (bicyclic) bond motifs is 2. The van der Waals surface area contributed by atoms with E-state index in [1.165, 1.54) is 18.7 Å². The van der Waals surface area contributed by atoms with Crippen molar-refractivity contribution in [2.45, 2.75) is 62.9 Å². The molecule has 0 fully saturated rings. The third-order valence-electron chi connectivity index (χ3n) is 6.48. The molecule has 1 aromatic carbocycles. The zero-order valence-electron chi connectivity index (χ0n) is 24.7. The van der Waals surface area contributed by atoms with Gasteiger partial charge in [0.15, 0.2) is 5.96 Å². The highest BCUT2D eigenvalue weighted by atomic mass is 32.2. The van der Waals surface area contributed by atoms with Gasteiger partial charge >= 0.3 is 11.9 Å². The largest absolute Gasteiger partial charge is 0.481 e. The number of nitrogens with one attached hydrogen (secondary N) is 5. The number of guanidine groups is 1. The minimum atomic E-state index is -1.64. The molecular formula is C27H40N8O9S. The maximum atomic E-state index is 13.3. The van der Waals surface area contributed by atoms with E-state index in [1.54, 1.807) is 18.2 Å². The number of nitrogens with two attached hydrogens (primary N) is 2. The molecule has 4 amide bonds. The lowest BCUT2D eigenvalue weighted by Gasteiger charge is -2.25. The van der Waals surface area contributed by atoms with Crippen LogP contribution < -0.4 is 38.1 Å². The maximum Gasteiger partial charge on any atom is 0.327 e. The summed E-state index contributed by atoms with van der Waals surface area (Å²) in [5, 5.41) is 41.7. The van der Waals surface area contributed by atoms with E-state index in [2.05, 4.69) is 31.6 Å². The first-order chi connectivity index (χ1) is 21.3. The molecule has 0 unspecified atom stereocenters. The van der Waals surface area contributed by atoms with Crippen LogP contribution in [-0.2, 0) is 35.2 Å². The molecule has 0 aromatic heterocycles. The molecule has 2 rings (SSSR count). The van der Waals surface area contributed by atoms with Crippen molar-refractivity contribution in [3.05, 3.63) is 29.8 Å². The lowest BCUT2D eigenvalue weighted by molar-refractivity contribution is -0.143. The summed E-state index contributed by atoms with van der Waals surface area (Å²) in [5.74, 6) is -6.00. The van der Waals surface area contributed by atoms with Crippen molar-refractivity contribution in [2.24, 2.45) is 16.5 Å². The summed E-state index contributed by atoms with van der Waals surface area (Å²) < 4.78 is 0. The number of nitrogens with zero attached hydrogens (tertiary/aromatic N) is 1. The fourth-order valence-electron chi connectivity index (χ4n) is 4.19. The molecule has 1 heterocycles. The number of aliphatic imine (C=N–C) groups is 1. The second-order valence-corrected chi connectivity index (χ2v) is 11.4. The molecule has 45 heavy (non-hydrogen) atoms. The number of rotatable bonds is 8. The molecule has 0 saturated heterocycles. The lowest BCUT2D eigenvalue weighted by Crippen LogP contribution is -2.56. The van der Waals surface area contributed by atoms with Crippen molar-refractivity contribution in [2.75, 3.05) is 29.9 Å². The maximum absolute atomic E-state index is 13.3. The van der Waals surface area contributed by atoms with Gasteiger partial charge in [0.2, 0.25) is 23.6 Å². The standard InChI is InChI=1S/C27H40N8O9S/c1-14(36)22-25(42)34-17(6-3-8-30-27(28)29)23(40)31-12-20(37)33-18(11-21(38)39)24(41)35-19(26(43)44)13-45-9-7-15-4-2-5-16(10-15)32-22/h2,4-5,10,14,17-19,22,32,36H,3,6-9,11-13H2,1H3,(H,31,40)(H,33,37)(H,34,42)(H,35,41)(H,38,39)(H,43,44)(H4,28,29,30)/t14-,17-,18-,19-,22+/m0/s1. The third-order valence-corrected chi connectivity index (χ3v) is 7.54. The van der Waals surface area contributed by atoms with Gasteiger partial charge in [0.25, 0.3) is 0 Å². The molecule has 1 aliphatic heterocycles. The molecule has 2 bridgehead atoms. The Bertz CT molecular complexity index is 1260. The van der Waals surface area contributed by atoms with Gasteiger partial charge in [-0.25, -0.2) is 4.79 Å². The molecule has 0 spiro atoms. The Labute approximate surface area is 263 Å². The Kier molecular flexibility index (Phi) is 14.9. The van der Waals surface area contributed by atoms with Gasteiger partial charge in [-0.3, -0.25) is 29.0 Å². The number of carboxylic acid groups (broad SMARTS) is 2. The summed E-state index contributed by atoms with van der Waals surface area (Å²) in [6.45, 7) is 0.833. The number of aryl methyl sites for hydroxylation is 1. The summed E-state index contributed by atoms with van der Waals surface area (Å²) in [4.78, 5) is 78.9. The van der Waals surface area contributed by atoms with Crippen LogP contribution in [0.4, 0.5) is 5.69 Å². The smallest absolute Gasteiger partial charge is 0.327 e. The van der Waals surface area contributed by atoms with Crippen molar-refractivity contribution >= 4 is 59.0 Å². The number of thioether (sulfide) groups is 1. The highest BCUT2D eigenvalue weighted by Gasteiger charge is 2.31. The van der Waals surface area contributed by atoms with Crippen LogP contribution >= 0.6 is 11.8 Å². The molecule has 0 saturated carbocycles. The topological polar surface area (TPSA) is 288 Å². The predicted octanol–water partition coefficient (Wildman–Crippen LogP) is -2.68. The van der Waals surface area contributed by atoms with Crippen LogP contribution in [0, 0.1) is 0 Å². The normalized spacial score (nSPS) is 23.0. The zero-order chi connectivity index (χ0) is 33.5. The summed E-state index contributed by atoms with van der Waals surface area (Å²) in [6, 6.07) is 1.63. The molecule has 12 N–H and O–H groups in total. The molecule has 0 radical (unpaired) electrons. The van der Waals surface area contributed by atoms with Crippen LogP contribution in [0.1, 0.15) is 31.7 Å². The summed E-state index contributed by atoms with van der Waals surface area (Å²) >= 11 is 1.23. The number of aliphatic hydroxyl groups excluding tert-OH is 1. The van der Waals surface area contributed by atoms with Crippen LogP contribution in [0.2, 0.25) is 0 Å². The van der Waals surface area contributed by atoms with Gasteiger partial charge in [-0.1, -0.05) is 12.1 Å². The Balaban J connectivity index is 2.38. The van der Waals surface area contributed by atoms with E-state index in [0.29, 0.717) is 17.9 Å². The molecule has 17 nitrogen and oxygen atoms in total. The van der Waals surface area contributed by atoms with E-state index in [0.717, 1.165) is 5.56 Å². The monoisotopic (exact) mass is 652 g/mol. The average Bonchev–Trinajstić information content (AvgIpc) is 2.96. The number of benzene rings is 1. The summed E-state index contributed by atoms with van der Waals surface area (Å²) in [7, 11) is 0. The van der Waals surface area contributed by atoms with Crippen molar-refractivity contribution in [3.8, 4) is 0 Å². The van der Waals surface area contributed by atoms with Gasteiger partial charge in [0.05, 0.1) is 19.1 Å². The number of anilines is 1. The molecule has 0 aliphatic carbocycles. The van der Waals surface area contributed by atoms with E-state index in [4.69, 9.17) is 11.5 Å². The second-order valence-electron chi connectivity index (χ2n) is 10.2. The van der Waals surface area contributed by atoms with Gasteiger partial charge in [-0.2, -0.15) is 11.8 Å². The molecule has 18 heteroatoms. The Morgan fingerprint density at radius 1 is 1.02 bits per heavy atom. The Morgan fingerprint density at radius 3 is 2.40 bits per heavy atom. The number of aliphatic carboxylic acids is 2. The predicted molar refractivity (Wildman–Crippen MR) is 165 cm³/mol. The average molecular weight is 653 g/mol. The highest BCUT2D eigenvalue weighted by Crippen LogP contribution is 2.16. The fraction of sp³-hybridized carbons (Fsp3) is 0.519. The lowest BCUT2D eigenvalue weighted by atomic mass is 10.1. The number of carbonyl (C=O) groups is 6. The van der Waals surface area contributed by atoms with E-state index in [9.17, 15) is 44.1 Å². The quantitative estimate of drug-likeness (QED) is 0.0779. The van der Waals surface area contributed by atoms with E-state index in [1.807, 2.05) is 6.07 Å². The number of carboxylic acids is 2. The van der Waals surface area contributed by atoms with Crippen LogP contribution in [0.25, 0.3) is 0 Å². The van der Waals surface area contributed by atoms with Gasteiger partial charge in [0.1, 0.15) is 24.2 Å². The number of hydrogen-bond donors (Lipinski definition) is 10. The van der Waals surface area contributed by atoms with Crippen LogP contribution in [0.3, 0.4) is 0 Å². The van der Waals surface area contributed by atoms with E-state index < -0.39 is 78.8 Å². The first-order valence-corrected chi connectivity index (χ1v) is 15.2. The van der Waals surface area contributed by atoms with E-state index >= 15 is 0 Å². The molecule has 5 atom stereocenters.